The first kappa shape index (κ1) is 20.3. The summed E-state index contributed by atoms with van der Waals surface area (Å²) < 4.78 is 5.54. The van der Waals surface area contributed by atoms with Gasteiger partial charge in [0.15, 0.2) is 0 Å². The Morgan fingerprint density at radius 1 is 1.13 bits per heavy atom. The monoisotopic (exact) mass is 426 g/mol. The zero-order chi connectivity index (χ0) is 21.6. The van der Waals surface area contributed by atoms with Gasteiger partial charge in [-0.15, -0.1) is 0 Å². The van der Waals surface area contributed by atoms with Crippen LogP contribution in [0.2, 0.25) is 0 Å². The molecule has 0 radical (unpaired) electrons. The SMILES string of the molecule is O=C1CCC(N2C(=O)c3cccc(CNC4CNCC45CCOCC5)c3C2=O)C(=O)N1. The molecule has 31 heavy (non-hydrogen) atoms. The van der Waals surface area contributed by atoms with E-state index in [1.807, 2.05) is 6.07 Å². The van der Waals surface area contributed by atoms with Gasteiger partial charge in [0.05, 0.1) is 11.1 Å². The molecule has 4 aliphatic rings. The lowest BCUT2D eigenvalue weighted by atomic mass is 9.76. The van der Waals surface area contributed by atoms with Gasteiger partial charge in [-0.25, -0.2) is 0 Å². The summed E-state index contributed by atoms with van der Waals surface area (Å²) in [7, 11) is 0. The number of nitrogens with one attached hydrogen (secondary N) is 3. The van der Waals surface area contributed by atoms with Crippen molar-refractivity contribution in [3.05, 3.63) is 34.9 Å². The average Bonchev–Trinajstić information content (AvgIpc) is 3.26. The number of carbonyl (C=O) groups excluding carboxylic acids is 4. The highest BCUT2D eigenvalue weighted by molar-refractivity contribution is 6.24. The average molecular weight is 426 g/mol. The molecule has 4 amide bonds. The van der Waals surface area contributed by atoms with Crippen LogP contribution in [-0.4, -0.2) is 66.9 Å². The van der Waals surface area contributed by atoms with E-state index in [2.05, 4.69) is 16.0 Å². The number of hydrogen-bond acceptors (Lipinski definition) is 7. The van der Waals surface area contributed by atoms with Crippen molar-refractivity contribution in [2.24, 2.45) is 5.41 Å². The molecule has 1 aromatic rings. The Kier molecular flexibility index (Phi) is 5.11. The van der Waals surface area contributed by atoms with E-state index in [0.717, 1.165) is 49.6 Å². The first-order chi connectivity index (χ1) is 15.0. The molecule has 3 N–H and O–H groups in total. The van der Waals surface area contributed by atoms with Crippen LogP contribution in [0.1, 0.15) is 52.0 Å². The van der Waals surface area contributed by atoms with Gasteiger partial charge >= 0.3 is 0 Å². The number of hydrogen-bond donors (Lipinski definition) is 3. The molecule has 9 heteroatoms. The van der Waals surface area contributed by atoms with Crippen LogP contribution in [0.4, 0.5) is 0 Å². The van der Waals surface area contributed by atoms with Crippen molar-refractivity contribution in [3.8, 4) is 0 Å². The highest BCUT2D eigenvalue weighted by atomic mass is 16.5. The molecule has 2 unspecified atom stereocenters. The van der Waals surface area contributed by atoms with Gasteiger partial charge < -0.3 is 15.4 Å². The van der Waals surface area contributed by atoms with Gasteiger partial charge in [0.2, 0.25) is 11.8 Å². The molecular weight excluding hydrogens is 400 g/mol. The number of rotatable bonds is 4. The Balaban J connectivity index is 1.36. The van der Waals surface area contributed by atoms with Crippen LogP contribution in [0.5, 0.6) is 0 Å². The molecule has 4 heterocycles. The summed E-state index contributed by atoms with van der Waals surface area (Å²) in [4.78, 5) is 51.0. The molecule has 2 atom stereocenters. The Morgan fingerprint density at radius 2 is 1.94 bits per heavy atom. The molecular formula is C22H26N4O5. The standard InChI is InChI=1S/C22H26N4O5/c27-17-5-4-15(19(28)25-17)26-20(29)14-3-1-2-13(18(14)21(26)30)10-24-16-11-23-12-22(16)6-8-31-9-7-22/h1-3,15-16,23-24H,4-12H2,(H,25,27,28). The Bertz CT molecular complexity index is 955. The van der Waals surface area contributed by atoms with E-state index in [-0.39, 0.29) is 30.2 Å². The molecule has 3 fully saturated rings. The Labute approximate surface area is 179 Å². The minimum atomic E-state index is -0.949. The largest absolute Gasteiger partial charge is 0.381 e. The van der Waals surface area contributed by atoms with E-state index in [1.165, 1.54) is 0 Å². The fourth-order valence-corrected chi connectivity index (χ4v) is 5.36. The molecule has 0 saturated carbocycles. The van der Waals surface area contributed by atoms with Gasteiger partial charge in [-0.3, -0.25) is 29.4 Å². The van der Waals surface area contributed by atoms with E-state index in [0.29, 0.717) is 17.7 Å². The van der Waals surface area contributed by atoms with E-state index < -0.39 is 23.8 Å². The van der Waals surface area contributed by atoms with Crippen molar-refractivity contribution < 1.29 is 23.9 Å². The second kappa shape index (κ2) is 7.81. The van der Waals surface area contributed by atoms with Crippen LogP contribution >= 0.6 is 0 Å². The first-order valence-electron chi connectivity index (χ1n) is 10.9. The maximum Gasteiger partial charge on any atom is 0.262 e. The lowest BCUT2D eigenvalue weighted by Gasteiger charge is -2.38. The number of carbonyl (C=O) groups is 4. The van der Waals surface area contributed by atoms with Gasteiger partial charge in [0.25, 0.3) is 11.8 Å². The number of nitrogens with zero attached hydrogens (tertiary/aromatic N) is 1. The molecule has 0 bridgehead atoms. The molecule has 3 saturated heterocycles. The number of imide groups is 2. The summed E-state index contributed by atoms with van der Waals surface area (Å²) in [5, 5.41) is 9.32. The van der Waals surface area contributed by atoms with Crippen LogP contribution in [0, 0.1) is 5.41 Å². The molecule has 0 aliphatic carbocycles. The second-order valence-electron chi connectivity index (χ2n) is 8.83. The van der Waals surface area contributed by atoms with Crippen LogP contribution in [0.25, 0.3) is 0 Å². The number of amides is 4. The van der Waals surface area contributed by atoms with Gasteiger partial charge in [0.1, 0.15) is 6.04 Å². The highest BCUT2D eigenvalue weighted by Gasteiger charge is 2.46. The molecule has 1 spiro atoms. The topological polar surface area (TPSA) is 117 Å². The van der Waals surface area contributed by atoms with Crippen molar-refractivity contribution in [3.63, 3.8) is 0 Å². The number of piperidine rings is 1. The smallest absolute Gasteiger partial charge is 0.262 e. The van der Waals surface area contributed by atoms with Crippen molar-refractivity contribution in [2.45, 2.75) is 44.3 Å². The maximum atomic E-state index is 13.2. The van der Waals surface area contributed by atoms with Crippen molar-refractivity contribution in [1.82, 2.24) is 20.9 Å². The third-order valence-corrected chi connectivity index (χ3v) is 7.15. The summed E-state index contributed by atoms with van der Waals surface area (Å²) >= 11 is 0. The van der Waals surface area contributed by atoms with Crippen LogP contribution in [0.3, 0.4) is 0 Å². The van der Waals surface area contributed by atoms with Crippen LogP contribution < -0.4 is 16.0 Å². The quantitative estimate of drug-likeness (QED) is 0.578. The maximum absolute atomic E-state index is 13.2. The summed E-state index contributed by atoms with van der Waals surface area (Å²) in [6.45, 7) is 3.77. The number of fused-ring (bicyclic) bond motifs is 1. The minimum Gasteiger partial charge on any atom is -0.381 e. The zero-order valence-electron chi connectivity index (χ0n) is 17.2. The second-order valence-corrected chi connectivity index (χ2v) is 8.83. The van der Waals surface area contributed by atoms with E-state index >= 15 is 0 Å². The third-order valence-electron chi connectivity index (χ3n) is 7.15. The summed E-state index contributed by atoms with van der Waals surface area (Å²) in [5.41, 5.74) is 1.57. The highest BCUT2D eigenvalue weighted by Crippen LogP contribution is 2.37. The third kappa shape index (κ3) is 3.37. The fraction of sp³-hybridized carbons (Fsp3) is 0.545. The first-order valence-corrected chi connectivity index (χ1v) is 10.9. The molecule has 5 rings (SSSR count). The number of ether oxygens (including phenoxy) is 1. The minimum absolute atomic E-state index is 0.110. The van der Waals surface area contributed by atoms with E-state index in [1.54, 1.807) is 12.1 Å². The Morgan fingerprint density at radius 3 is 2.71 bits per heavy atom. The molecule has 0 aromatic heterocycles. The lowest BCUT2D eigenvalue weighted by Crippen LogP contribution is -2.54. The van der Waals surface area contributed by atoms with Crippen LogP contribution in [-0.2, 0) is 20.9 Å². The van der Waals surface area contributed by atoms with Crippen molar-refractivity contribution in [1.29, 1.82) is 0 Å². The van der Waals surface area contributed by atoms with Gasteiger partial charge in [-0.2, -0.15) is 0 Å². The number of benzene rings is 1. The predicted molar refractivity (Wildman–Crippen MR) is 109 cm³/mol. The van der Waals surface area contributed by atoms with Gasteiger partial charge in [0, 0.05) is 50.7 Å². The summed E-state index contributed by atoms with van der Waals surface area (Å²) in [5.74, 6) is -1.91. The van der Waals surface area contributed by atoms with E-state index in [4.69, 9.17) is 4.74 Å². The van der Waals surface area contributed by atoms with Gasteiger partial charge in [-0.05, 0) is 30.9 Å². The summed E-state index contributed by atoms with van der Waals surface area (Å²) in [6.07, 6.45) is 2.25. The molecule has 1 aromatic carbocycles. The fourth-order valence-electron chi connectivity index (χ4n) is 5.36. The Hall–Kier alpha value is -2.62. The van der Waals surface area contributed by atoms with Crippen molar-refractivity contribution in [2.75, 3.05) is 26.3 Å². The predicted octanol–water partition coefficient (Wildman–Crippen LogP) is -0.0540. The van der Waals surface area contributed by atoms with Crippen molar-refractivity contribution >= 4 is 23.6 Å². The van der Waals surface area contributed by atoms with Crippen LogP contribution in [0.15, 0.2) is 18.2 Å². The molecule has 9 nitrogen and oxygen atoms in total. The molecule has 164 valence electrons. The lowest BCUT2D eigenvalue weighted by molar-refractivity contribution is -0.136. The zero-order valence-corrected chi connectivity index (χ0v) is 17.2. The summed E-state index contributed by atoms with van der Waals surface area (Å²) in [6, 6.07) is 4.55. The molecule has 4 aliphatic heterocycles. The van der Waals surface area contributed by atoms with E-state index in [9.17, 15) is 19.2 Å². The normalized spacial score (nSPS) is 27.7. The van der Waals surface area contributed by atoms with Gasteiger partial charge in [-0.1, -0.05) is 12.1 Å².